The zero-order valence-electron chi connectivity index (χ0n) is 49.2. The molecule has 9 atom stereocenters. The van der Waals surface area contributed by atoms with E-state index in [1.54, 1.807) is 0 Å². The van der Waals surface area contributed by atoms with Crippen molar-refractivity contribution in [2.45, 2.75) is 358 Å². The van der Waals surface area contributed by atoms with Gasteiger partial charge in [-0.15, -0.1) is 0 Å². The van der Waals surface area contributed by atoms with Gasteiger partial charge in [-0.3, -0.25) is 4.79 Å². The van der Waals surface area contributed by atoms with Crippen molar-refractivity contribution < 1.29 is 50.0 Å². The molecular weight excluding hydrogens is 955 g/mol. The van der Waals surface area contributed by atoms with Crippen molar-refractivity contribution in [1.29, 1.82) is 0 Å². The van der Waals surface area contributed by atoms with Gasteiger partial charge in [-0.25, -0.2) is 0 Å². The first-order chi connectivity index (χ1) is 37.2. The molecule has 1 heterocycles. The molecule has 0 aromatic rings. The van der Waals surface area contributed by atoms with Crippen molar-refractivity contribution >= 4 is 5.91 Å². The minimum Gasteiger partial charge on any atom is -0.394 e. The summed E-state index contributed by atoms with van der Waals surface area (Å²) in [4.78, 5) is 13.2. The Balaban J connectivity index is 2.26. The molecule has 11 nitrogen and oxygen atoms in total. The maximum Gasteiger partial charge on any atom is 0.249 e. The van der Waals surface area contributed by atoms with Gasteiger partial charge in [0.2, 0.25) is 5.91 Å². The van der Waals surface area contributed by atoms with Crippen LogP contribution in [0.2, 0.25) is 0 Å². The number of carbonyl (C=O) groups excluding carboxylic acids is 1. The van der Waals surface area contributed by atoms with E-state index in [4.69, 9.17) is 9.47 Å². The first-order valence-electron chi connectivity index (χ1n) is 32.4. The van der Waals surface area contributed by atoms with Gasteiger partial charge in [0.05, 0.1) is 25.4 Å². The highest BCUT2D eigenvalue weighted by molar-refractivity contribution is 5.80. The summed E-state index contributed by atoms with van der Waals surface area (Å²) in [7, 11) is 0. The van der Waals surface area contributed by atoms with Crippen molar-refractivity contribution in [3.8, 4) is 0 Å². The van der Waals surface area contributed by atoms with Gasteiger partial charge in [0.15, 0.2) is 6.29 Å². The average molecular weight is 1080 g/mol. The van der Waals surface area contributed by atoms with Crippen LogP contribution in [0.1, 0.15) is 303 Å². The van der Waals surface area contributed by atoms with Crippen molar-refractivity contribution in [2.24, 2.45) is 0 Å². The molecule has 1 saturated heterocycles. The van der Waals surface area contributed by atoms with Gasteiger partial charge < -0.3 is 50.5 Å². The molecule has 0 bridgehead atoms. The lowest BCUT2D eigenvalue weighted by molar-refractivity contribution is -0.303. The molecule has 0 spiro atoms. The Hall–Kier alpha value is -1.67. The fourth-order valence-corrected chi connectivity index (χ4v) is 10.4. The number of allylic oxidation sites excluding steroid dienone is 6. The lowest BCUT2D eigenvalue weighted by atomic mass is 9.98. The van der Waals surface area contributed by atoms with Crippen molar-refractivity contribution in [1.82, 2.24) is 5.32 Å². The highest BCUT2D eigenvalue weighted by Gasteiger charge is 2.44. The summed E-state index contributed by atoms with van der Waals surface area (Å²) in [5.41, 5.74) is 0. The number of carbonyl (C=O) groups is 1. The lowest BCUT2D eigenvalue weighted by Gasteiger charge is -2.40. The molecule has 0 saturated carbocycles. The van der Waals surface area contributed by atoms with Crippen molar-refractivity contribution in [2.75, 3.05) is 13.2 Å². The third kappa shape index (κ3) is 41.4. The Labute approximate surface area is 467 Å². The molecule has 0 aromatic heterocycles. The fraction of sp³-hybridized carbons (Fsp3) is 0.892. The standard InChI is InChI=1S/C65H123NO10/c1-3-5-7-9-11-13-15-17-19-21-22-23-24-25-26-27-28-29-30-31-32-33-34-35-37-38-40-42-44-46-48-50-52-57(68)60(70)56(55-75-65-63(73)62(72)61(71)59(54-67)76-65)66-64(74)58(69)53-51-49-47-45-43-41-39-36-20-18-16-14-12-10-8-6-4-2/h32-33,37-38,44,46,56-63,65,67-73H,3-31,34-36,39-43,45,47-55H2,1-2H3,(H,66,74)/b33-32+,38-37+,46-44+. The molecule has 1 amide bonds. The van der Waals surface area contributed by atoms with Crippen molar-refractivity contribution in [3.63, 3.8) is 0 Å². The molecule has 8 N–H and O–H groups in total. The number of nitrogens with one attached hydrogen (secondary N) is 1. The van der Waals surface area contributed by atoms with Gasteiger partial charge >= 0.3 is 0 Å². The van der Waals surface area contributed by atoms with Gasteiger partial charge in [-0.05, 0) is 64.2 Å². The van der Waals surface area contributed by atoms with E-state index in [0.29, 0.717) is 19.3 Å². The number of aliphatic hydroxyl groups excluding tert-OH is 7. The lowest BCUT2D eigenvalue weighted by Crippen LogP contribution is -2.60. The van der Waals surface area contributed by atoms with Crippen LogP contribution in [0.3, 0.4) is 0 Å². The Morgan fingerprint density at radius 1 is 0.447 bits per heavy atom. The summed E-state index contributed by atoms with van der Waals surface area (Å²) in [6.45, 7) is 3.47. The fourth-order valence-electron chi connectivity index (χ4n) is 10.4. The summed E-state index contributed by atoms with van der Waals surface area (Å²) in [6.07, 6.45) is 56.5. The summed E-state index contributed by atoms with van der Waals surface area (Å²) in [6, 6.07) is -1.19. The molecule has 76 heavy (non-hydrogen) atoms. The van der Waals surface area contributed by atoms with E-state index in [1.165, 1.54) is 212 Å². The monoisotopic (exact) mass is 1080 g/mol. The van der Waals surface area contributed by atoms with E-state index < -0.39 is 74.2 Å². The molecule has 0 radical (unpaired) electrons. The summed E-state index contributed by atoms with van der Waals surface area (Å²) in [5, 5.41) is 76.2. The number of rotatable bonds is 56. The molecule has 1 aliphatic rings. The number of aliphatic hydroxyl groups is 7. The number of ether oxygens (including phenoxy) is 2. The first kappa shape index (κ1) is 72.3. The molecule has 0 aliphatic carbocycles. The highest BCUT2D eigenvalue weighted by atomic mass is 16.7. The predicted octanol–water partition coefficient (Wildman–Crippen LogP) is 14.6. The molecule has 448 valence electrons. The first-order valence-corrected chi connectivity index (χ1v) is 32.4. The quantitative estimate of drug-likeness (QED) is 0.0215. The number of hydrogen-bond donors (Lipinski definition) is 8. The maximum atomic E-state index is 13.2. The largest absolute Gasteiger partial charge is 0.394 e. The molecule has 9 unspecified atom stereocenters. The second kappa shape index (κ2) is 53.9. The van der Waals surface area contributed by atoms with Gasteiger partial charge in [0.25, 0.3) is 0 Å². The Kier molecular flexibility index (Phi) is 51.3. The van der Waals surface area contributed by atoms with E-state index in [0.717, 1.165) is 44.9 Å². The van der Waals surface area contributed by atoms with Crippen LogP contribution in [0.5, 0.6) is 0 Å². The average Bonchev–Trinajstić information content (AvgIpc) is 3.42. The van der Waals surface area contributed by atoms with Crippen LogP contribution < -0.4 is 5.32 Å². The highest BCUT2D eigenvalue weighted by Crippen LogP contribution is 2.24. The van der Waals surface area contributed by atoms with E-state index >= 15 is 0 Å². The predicted molar refractivity (Wildman–Crippen MR) is 316 cm³/mol. The van der Waals surface area contributed by atoms with Crippen LogP contribution in [-0.2, 0) is 14.3 Å². The molecule has 1 rings (SSSR count). The van der Waals surface area contributed by atoms with E-state index in [1.807, 2.05) is 0 Å². The van der Waals surface area contributed by atoms with Crippen molar-refractivity contribution in [3.05, 3.63) is 36.5 Å². The number of unbranched alkanes of at least 4 members (excludes halogenated alkanes) is 38. The molecule has 11 heteroatoms. The Bertz CT molecular complexity index is 1330. The minimum atomic E-state index is -1.67. The van der Waals surface area contributed by atoms with E-state index in [9.17, 15) is 40.5 Å². The van der Waals surface area contributed by atoms with Crippen LogP contribution >= 0.6 is 0 Å². The summed E-state index contributed by atoms with van der Waals surface area (Å²) < 4.78 is 11.1. The second-order valence-electron chi connectivity index (χ2n) is 22.8. The Morgan fingerprint density at radius 3 is 1.17 bits per heavy atom. The third-order valence-electron chi connectivity index (χ3n) is 15.7. The number of amides is 1. The van der Waals surface area contributed by atoms with E-state index in [2.05, 4.69) is 55.6 Å². The minimum absolute atomic E-state index is 0.243. The molecule has 1 aliphatic heterocycles. The van der Waals surface area contributed by atoms with Gasteiger partial charge in [0.1, 0.15) is 36.6 Å². The third-order valence-corrected chi connectivity index (χ3v) is 15.7. The maximum absolute atomic E-state index is 13.2. The number of hydrogen-bond acceptors (Lipinski definition) is 10. The smallest absolute Gasteiger partial charge is 0.249 e. The molecule has 1 fully saturated rings. The van der Waals surface area contributed by atoms with Crippen LogP contribution in [0.25, 0.3) is 0 Å². The van der Waals surface area contributed by atoms with Crippen LogP contribution in [-0.4, -0.2) is 110 Å². The van der Waals surface area contributed by atoms with Crippen LogP contribution in [0.15, 0.2) is 36.5 Å². The van der Waals surface area contributed by atoms with Gasteiger partial charge in [-0.1, -0.05) is 275 Å². The zero-order chi connectivity index (χ0) is 55.4. The Morgan fingerprint density at radius 2 is 0.789 bits per heavy atom. The normalized spacial score (nSPS) is 19.8. The zero-order valence-corrected chi connectivity index (χ0v) is 49.2. The second-order valence-corrected chi connectivity index (χ2v) is 22.8. The van der Waals surface area contributed by atoms with E-state index in [-0.39, 0.29) is 12.8 Å². The topological polar surface area (TPSA) is 189 Å². The molecule has 0 aromatic carbocycles. The van der Waals surface area contributed by atoms with Crippen LogP contribution in [0.4, 0.5) is 0 Å². The molecular formula is C65H123NO10. The van der Waals surface area contributed by atoms with Crippen LogP contribution in [0, 0.1) is 0 Å². The summed E-state index contributed by atoms with van der Waals surface area (Å²) >= 11 is 0. The SMILES string of the molecule is CCCCCCCCCCCCCCCCCCCCC/C=C/CC/C=C/CC/C=C/CCCC(O)C(O)C(COC1OC(CO)C(O)C(O)C1O)NC(=O)C(O)CCCCCCCCCCCCCCCCCCC. The van der Waals surface area contributed by atoms with Gasteiger partial charge in [-0.2, -0.15) is 0 Å². The summed E-state index contributed by atoms with van der Waals surface area (Å²) in [5.74, 6) is -0.709. The van der Waals surface area contributed by atoms with Gasteiger partial charge in [0, 0.05) is 0 Å².